The summed E-state index contributed by atoms with van der Waals surface area (Å²) in [5.74, 6) is 1.42. The zero-order valence-electron chi connectivity index (χ0n) is 13.0. The molecule has 0 saturated heterocycles. The summed E-state index contributed by atoms with van der Waals surface area (Å²) < 4.78 is 11.0. The number of rotatable bonds is 6. The molecular formula is C16H20N2O3S. The van der Waals surface area contributed by atoms with Gasteiger partial charge in [0.05, 0.1) is 14.2 Å². The number of hydrogen-bond donors (Lipinski definition) is 2. The van der Waals surface area contributed by atoms with Crippen molar-refractivity contribution >= 4 is 12.2 Å². The molecule has 1 heterocycles. The van der Waals surface area contributed by atoms with E-state index in [1.165, 1.54) is 0 Å². The lowest BCUT2D eigenvalue weighted by atomic mass is 10.0. The molecule has 6 heteroatoms. The van der Waals surface area contributed by atoms with Crippen LogP contribution in [-0.4, -0.2) is 24.2 Å². The molecule has 0 aliphatic rings. The maximum Gasteiger partial charge on any atom is 0.255 e. The van der Waals surface area contributed by atoms with E-state index in [0.717, 1.165) is 29.8 Å². The minimum atomic E-state index is -0.148. The quantitative estimate of drug-likeness (QED) is 0.803. The zero-order chi connectivity index (χ0) is 16.1. The molecule has 22 heavy (non-hydrogen) atoms. The smallest absolute Gasteiger partial charge is 0.255 e. The summed E-state index contributed by atoms with van der Waals surface area (Å²) in [5.41, 5.74) is 2.36. The first-order valence-corrected chi connectivity index (χ1v) is 7.55. The molecule has 0 unspecified atom stereocenters. The molecule has 0 atom stereocenters. The van der Waals surface area contributed by atoms with Crippen molar-refractivity contribution in [3.63, 3.8) is 0 Å². The van der Waals surface area contributed by atoms with Crippen LogP contribution in [0.1, 0.15) is 30.2 Å². The summed E-state index contributed by atoms with van der Waals surface area (Å²) in [6.07, 6.45) is 2.19. The maximum atomic E-state index is 12.3. The average molecular weight is 320 g/mol. The Morgan fingerprint density at radius 1 is 1.18 bits per heavy atom. The van der Waals surface area contributed by atoms with Crippen molar-refractivity contribution in [2.45, 2.75) is 26.2 Å². The standard InChI is InChI=1S/C16H20N2O3S/c1-4-5-13-12(15(19)18-16(22)17-13)8-10-6-7-11(20-2)9-14(10)21-3/h6-7,9H,4-5,8H2,1-3H3,(H2,17,18,19,22). The highest BCUT2D eigenvalue weighted by molar-refractivity contribution is 7.71. The lowest BCUT2D eigenvalue weighted by molar-refractivity contribution is 0.391. The number of methoxy groups -OCH3 is 2. The van der Waals surface area contributed by atoms with Crippen LogP contribution in [0.5, 0.6) is 11.5 Å². The molecule has 2 N–H and O–H groups in total. The Hall–Kier alpha value is -2.08. The Balaban J connectivity index is 2.47. The molecule has 0 aliphatic heterocycles. The Bertz CT molecular complexity index is 765. The van der Waals surface area contributed by atoms with Crippen molar-refractivity contribution in [2.75, 3.05) is 14.2 Å². The highest BCUT2D eigenvalue weighted by Crippen LogP contribution is 2.26. The SMILES string of the molecule is CCCc1[nH]c(=S)[nH]c(=O)c1Cc1ccc(OC)cc1OC. The Morgan fingerprint density at radius 2 is 1.95 bits per heavy atom. The van der Waals surface area contributed by atoms with Crippen LogP contribution in [0.4, 0.5) is 0 Å². The van der Waals surface area contributed by atoms with E-state index in [-0.39, 0.29) is 5.56 Å². The molecule has 0 radical (unpaired) electrons. The summed E-state index contributed by atoms with van der Waals surface area (Å²) in [6.45, 7) is 2.07. The third-order valence-corrected chi connectivity index (χ3v) is 3.70. The molecule has 118 valence electrons. The molecular weight excluding hydrogens is 300 g/mol. The first-order valence-electron chi connectivity index (χ1n) is 7.14. The summed E-state index contributed by atoms with van der Waals surface area (Å²) in [5, 5.41) is 0. The van der Waals surface area contributed by atoms with E-state index < -0.39 is 0 Å². The van der Waals surface area contributed by atoms with Crippen molar-refractivity contribution < 1.29 is 9.47 Å². The van der Waals surface area contributed by atoms with Crippen molar-refractivity contribution in [3.8, 4) is 11.5 Å². The first-order chi connectivity index (χ1) is 10.6. The van der Waals surface area contributed by atoms with Crippen LogP contribution >= 0.6 is 12.2 Å². The van der Waals surface area contributed by atoms with Gasteiger partial charge in [0.15, 0.2) is 4.77 Å². The number of aromatic nitrogens is 2. The molecule has 0 amide bonds. The van der Waals surface area contributed by atoms with Crippen LogP contribution in [0.25, 0.3) is 0 Å². The van der Waals surface area contributed by atoms with Crippen molar-refractivity contribution in [3.05, 3.63) is 50.1 Å². The monoisotopic (exact) mass is 320 g/mol. The molecule has 0 saturated carbocycles. The van der Waals surface area contributed by atoms with E-state index in [2.05, 4.69) is 16.9 Å². The number of benzene rings is 1. The van der Waals surface area contributed by atoms with Gasteiger partial charge in [0, 0.05) is 23.7 Å². The lowest BCUT2D eigenvalue weighted by Crippen LogP contribution is -2.18. The first kappa shape index (κ1) is 16.3. The van der Waals surface area contributed by atoms with E-state index >= 15 is 0 Å². The highest BCUT2D eigenvalue weighted by atomic mass is 32.1. The number of hydrogen-bond acceptors (Lipinski definition) is 4. The molecule has 0 spiro atoms. The van der Waals surface area contributed by atoms with Gasteiger partial charge in [-0.3, -0.25) is 9.78 Å². The normalized spacial score (nSPS) is 10.5. The van der Waals surface area contributed by atoms with Gasteiger partial charge in [0.25, 0.3) is 5.56 Å². The highest BCUT2D eigenvalue weighted by Gasteiger charge is 2.12. The van der Waals surface area contributed by atoms with Crippen molar-refractivity contribution in [1.29, 1.82) is 0 Å². The molecule has 1 aromatic carbocycles. The summed E-state index contributed by atoms with van der Waals surface area (Å²) in [7, 11) is 3.21. The predicted molar refractivity (Wildman–Crippen MR) is 88.6 cm³/mol. The van der Waals surface area contributed by atoms with E-state index in [4.69, 9.17) is 21.7 Å². The van der Waals surface area contributed by atoms with Crippen LogP contribution in [0.15, 0.2) is 23.0 Å². The van der Waals surface area contributed by atoms with E-state index in [1.807, 2.05) is 18.2 Å². The van der Waals surface area contributed by atoms with Crippen LogP contribution in [0.2, 0.25) is 0 Å². The summed E-state index contributed by atoms with van der Waals surface area (Å²) in [4.78, 5) is 18.0. The molecule has 0 aliphatic carbocycles. The van der Waals surface area contributed by atoms with Gasteiger partial charge in [0.1, 0.15) is 11.5 Å². The zero-order valence-corrected chi connectivity index (χ0v) is 13.8. The summed E-state index contributed by atoms with van der Waals surface area (Å²) >= 11 is 5.05. The van der Waals surface area contributed by atoms with Crippen LogP contribution in [0, 0.1) is 4.77 Å². The van der Waals surface area contributed by atoms with Gasteiger partial charge in [0.2, 0.25) is 0 Å². The van der Waals surface area contributed by atoms with E-state index in [0.29, 0.717) is 22.5 Å². The predicted octanol–water partition coefficient (Wildman–Crippen LogP) is 2.99. The van der Waals surface area contributed by atoms with Gasteiger partial charge >= 0.3 is 0 Å². The van der Waals surface area contributed by atoms with Crippen molar-refractivity contribution in [2.24, 2.45) is 0 Å². The third-order valence-electron chi connectivity index (χ3n) is 3.49. The topological polar surface area (TPSA) is 67.1 Å². The Labute approximate surface area is 134 Å². The van der Waals surface area contributed by atoms with Crippen LogP contribution in [0.3, 0.4) is 0 Å². The van der Waals surface area contributed by atoms with Gasteiger partial charge in [-0.25, -0.2) is 0 Å². The van der Waals surface area contributed by atoms with Crippen LogP contribution < -0.4 is 15.0 Å². The molecule has 5 nitrogen and oxygen atoms in total. The number of H-pyrrole nitrogens is 2. The van der Waals surface area contributed by atoms with E-state index in [9.17, 15) is 4.79 Å². The third kappa shape index (κ3) is 3.57. The average Bonchev–Trinajstić information content (AvgIpc) is 2.51. The van der Waals surface area contributed by atoms with Crippen molar-refractivity contribution in [1.82, 2.24) is 9.97 Å². The fourth-order valence-electron chi connectivity index (χ4n) is 2.40. The second kappa shape index (κ2) is 7.26. The molecule has 2 aromatic rings. The Kier molecular flexibility index (Phi) is 5.38. The molecule has 1 aromatic heterocycles. The lowest BCUT2D eigenvalue weighted by Gasteiger charge is -2.12. The fourth-order valence-corrected chi connectivity index (χ4v) is 2.61. The van der Waals surface area contributed by atoms with Gasteiger partial charge in [-0.05, 0) is 30.3 Å². The minimum absolute atomic E-state index is 0.148. The second-order valence-corrected chi connectivity index (χ2v) is 5.38. The molecule has 0 bridgehead atoms. The van der Waals surface area contributed by atoms with Crippen LogP contribution in [-0.2, 0) is 12.8 Å². The summed E-state index contributed by atoms with van der Waals surface area (Å²) in [6, 6.07) is 5.58. The van der Waals surface area contributed by atoms with Gasteiger partial charge in [-0.15, -0.1) is 0 Å². The largest absolute Gasteiger partial charge is 0.497 e. The maximum absolute atomic E-state index is 12.3. The number of aromatic amines is 2. The number of ether oxygens (including phenoxy) is 2. The van der Waals surface area contributed by atoms with Gasteiger partial charge in [-0.1, -0.05) is 19.4 Å². The van der Waals surface area contributed by atoms with Gasteiger partial charge < -0.3 is 14.5 Å². The second-order valence-electron chi connectivity index (χ2n) is 4.97. The molecule has 2 rings (SSSR count). The Morgan fingerprint density at radius 3 is 2.59 bits per heavy atom. The minimum Gasteiger partial charge on any atom is -0.497 e. The fraction of sp³-hybridized carbons (Fsp3) is 0.375. The number of nitrogens with one attached hydrogen (secondary N) is 2. The number of aryl methyl sites for hydroxylation is 1. The van der Waals surface area contributed by atoms with Gasteiger partial charge in [-0.2, -0.15) is 0 Å². The van der Waals surface area contributed by atoms with E-state index in [1.54, 1.807) is 14.2 Å². The molecule has 0 fully saturated rings.